The third-order valence-electron chi connectivity index (χ3n) is 2.03. The Morgan fingerprint density at radius 1 is 1.44 bits per heavy atom. The minimum absolute atomic E-state index is 0.0468. The fourth-order valence-electron chi connectivity index (χ4n) is 1.31. The maximum atomic E-state index is 11.6. The van der Waals surface area contributed by atoms with Gasteiger partial charge in [-0.2, -0.15) is 0 Å². The predicted molar refractivity (Wildman–Crippen MR) is 68.0 cm³/mol. The second kappa shape index (κ2) is 5.68. The van der Waals surface area contributed by atoms with Crippen molar-refractivity contribution in [1.82, 2.24) is 0 Å². The van der Waals surface area contributed by atoms with E-state index in [0.717, 1.165) is 6.07 Å². The molecule has 0 atom stereocenters. The second-order valence-electron chi connectivity index (χ2n) is 3.25. The summed E-state index contributed by atoms with van der Waals surface area (Å²) in [6, 6.07) is 2.53. The minimum atomic E-state index is -4.00. The van der Waals surface area contributed by atoms with Crippen molar-refractivity contribution in [2.45, 2.75) is 11.8 Å². The van der Waals surface area contributed by atoms with Crippen LogP contribution in [0.3, 0.4) is 0 Å². The molecule has 0 saturated heterocycles. The van der Waals surface area contributed by atoms with Crippen molar-refractivity contribution in [3.05, 3.63) is 22.2 Å². The van der Waals surface area contributed by atoms with Gasteiger partial charge >= 0.3 is 5.97 Å². The smallest absolute Gasteiger partial charge is 0.338 e. The standard InChI is InChI=1S/C10H12BrNO5S/c1-3-17-10(13)6-4-7(11)9(16-2)8(5-6)18(12,14)15/h4-5H,3H2,1-2H3,(H2,12,14,15). The molecule has 0 aliphatic heterocycles. The molecular formula is C10H12BrNO5S. The van der Waals surface area contributed by atoms with E-state index in [2.05, 4.69) is 15.9 Å². The van der Waals surface area contributed by atoms with Gasteiger partial charge in [-0.25, -0.2) is 18.4 Å². The Labute approximate surface area is 113 Å². The number of halogens is 1. The lowest BCUT2D eigenvalue weighted by Gasteiger charge is -2.11. The topological polar surface area (TPSA) is 95.7 Å². The average Bonchev–Trinajstić information content (AvgIpc) is 2.27. The lowest BCUT2D eigenvalue weighted by atomic mass is 10.2. The van der Waals surface area contributed by atoms with Crippen LogP contribution in [0, 0.1) is 0 Å². The Morgan fingerprint density at radius 2 is 2.06 bits per heavy atom. The number of hydrogen-bond donors (Lipinski definition) is 1. The largest absolute Gasteiger partial charge is 0.494 e. The molecule has 6 nitrogen and oxygen atoms in total. The van der Waals surface area contributed by atoms with Gasteiger partial charge in [-0.05, 0) is 35.0 Å². The molecule has 0 spiro atoms. The molecule has 2 N–H and O–H groups in total. The lowest BCUT2D eigenvalue weighted by Crippen LogP contribution is -2.15. The van der Waals surface area contributed by atoms with Crippen LogP contribution in [0.15, 0.2) is 21.5 Å². The molecule has 0 radical (unpaired) electrons. The molecule has 0 aliphatic rings. The molecule has 0 bridgehead atoms. The van der Waals surface area contributed by atoms with Gasteiger partial charge < -0.3 is 9.47 Å². The van der Waals surface area contributed by atoms with Gasteiger partial charge in [0.2, 0.25) is 10.0 Å². The number of sulfonamides is 1. The van der Waals surface area contributed by atoms with Crippen molar-refractivity contribution < 1.29 is 22.7 Å². The van der Waals surface area contributed by atoms with Gasteiger partial charge in [-0.1, -0.05) is 0 Å². The Morgan fingerprint density at radius 3 is 2.50 bits per heavy atom. The molecule has 100 valence electrons. The van der Waals surface area contributed by atoms with E-state index in [1.807, 2.05) is 0 Å². The zero-order valence-electron chi connectivity index (χ0n) is 9.77. The molecule has 0 fully saturated rings. The average molecular weight is 338 g/mol. The molecular weight excluding hydrogens is 326 g/mol. The summed E-state index contributed by atoms with van der Waals surface area (Å²) >= 11 is 3.12. The number of carbonyl (C=O) groups excluding carboxylic acids is 1. The van der Waals surface area contributed by atoms with Gasteiger partial charge in [0.15, 0.2) is 5.75 Å². The first-order valence-electron chi connectivity index (χ1n) is 4.88. The van der Waals surface area contributed by atoms with Crippen molar-refractivity contribution in [3.8, 4) is 5.75 Å². The normalized spacial score (nSPS) is 11.1. The predicted octanol–water partition coefficient (Wildman–Crippen LogP) is 1.28. The fourth-order valence-corrected chi connectivity index (χ4v) is 2.81. The quantitative estimate of drug-likeness (QED) is 0.835. The van der Waals surface area contributed by atoms with E-state index in [9.17, 15) is 13.2 Å². The van der Waals surface area contributed by atoms with Crippen LogP contribution in [-0.2, 0) is 14.8 Å². The number of nitrogens with two attached hydrogens (primary N) is 1. The monoisotopic (exact) mass is 337 g/mol. The summed E-state index contributed by atoms with van der Waals surface area (Å²) in [5, 5.41) is 5.06. The second-order valence-corrected chi connectivity index (χ2v) is 5.64. The third kappa shape index (κ3) is 3.21. The lowest BCUT2D eigenvalue weighted by molar-refractivity contribution is 0.0526. The first-order valence-corrected chi connectivity index (χ1v) is 7.22. The summed E-state index contributed by atoms with van der Waals surface area (Å²) in [6.45, 7) is 1.84. The van der Waals surface area contributed by atoms with Gasteiger partial charge in [0.25, 0.3) is 0 Å². The molecule has 1 rings (SSSR count). The Bertz CT molecular complexity index is 570. The maximum Gasteiger partial charge on any atom is 0.338 e. The van der Waals surface area contributed by atoms with Crippen molar-refractivity contribution in [1.29, 1.82) is 0 Å². The molecule has 1 aromatic rings. The van der Waals surface area contributed by atoms with E-state index in [4.69, 9.17) is 14.6 Å². The molecule has 0 unspecified atom stereocenters. The SMILES string of the molecule is CCOC(=O)c1cc(Br)c(OC)c(S(N)(=O)=O)c1. The first-order chi connectivity index (χ1) is 8.31. The van der Waals surface area contributed by atoms with Crippen molar-refractivity contribution in [2.75, 3.05) is 13.7 Å². The highest BCUT2D eigenvalue weighted by Gasteiger charge is 2.21. The summed E-state index contributed by atoms with van der Waals surface area (Å²) in [7, 11) is -2.70. The highest BCUT2D eigenvalue weighted by atomic mass is 79.9. The van der Waals surface area contributed by atoms with E-state index in [0.29, 0.717) is 4.47 Å². The van der Waals surface area contributed by atoms with E-state index < -0.39 is 16.0 Å². The first kappa shape index (κ1) is 14.9. The van der Waals surface area contributed by atoms with Gasteiger partial charge in [0.1, 0.15) is 4.90 Å². The molecule has 0 amide bonds. The number of esters is 1. The number of rotatable bonds is 4. The van der Waals surface area contributed by atoms with Gasteiger partial charge in [0, 0.05) is 0 Å². The van der Waals surface area contributed by atoms with E-state index >= 15 is 0 Å². The summed E-state index contributed by atoms with van der Waals surface area (Å²) in [4.78, 5) is 11.3. The number of hydrogen-bond acceptors (Lipinski definition) is 5. The van der Waals surface area contributed by atoms with Crippen LogP contribution in [0.4, 0.5) is 0 Å². The molecule has 1 aromatic carbocycles. The molecule has 0 saturated carbocycles. The van der Waals surface area contributed by atoms with Crippen LogP contribution in [0.2, 0.25) is 0 Å². The Balaban J connectivity index is 3.45. The van der Waals surface area contributed by atoms with E-state index in [-0.39, 0.29) is 22.8 Å². The van der Waals surface area contributed by atoms with Crippen LogP contribution in [0.25, 0.3) is 0 Å². The van der Waals surface area contributed by atoms with Crippen LogP contribution < -0.4 is 9.88 Å². The molecule has 0 aliphatic carbocycles. The maximum absolute atomic E-state index is 11.6. The van der Waals surface area contributed by atoms with Crippen LogP contribution in [-0.4, -0.2) is 28.1 Å². The zero-order valence-corrected chi connectivity index (χ0v) is 12.2. The molecule has 8 heteroatoms. The van der Waals surface area contributed by atoms with Crippen molar-refractivity contribution in [3.63, 3.8) is 0 Å². The van der Waals surface area contributed by atoms with E-state index in [1.165, 1.54) is 13.2 Å². The summed E-state index contributed by atoms with van der Waals surface area (Å²) < 4.78 is 32.9. The molecule has 18 heavy (non-hydrogen) atoms. The molecule has 0 aromatic heterocycles. The number of ether oxygens (including phenoxy) is 2. The van der Waals surface area contributed by atoms with Crippen molar-refractivity contribution in [2.24, 2.45) is 5.14 Å². The van der Waals surface area contributed by atoms with Crippen LogP contribution in [0.5, 0.6) is 5.75 Å². The number of carbonyl (C=O) groups is 1. The van der Waals surface area contributed by atoms with Gasteiger partial charge in [0.05, 0.1) is 23.8 Å². The third-order valence-corrected chi connectivity index (χ3v) is 3.54. The Hall–Kier alpha value is -1.12. The van der Waals surface area contributed by atoms with Gasteiger partial charge in [-0.15, -0.1) is 0 Å². The van der Waals surface area contributed by atoms with Gasteiger partial charge in [-0.3, -0.25) is 0 Å². The fraction of sp³-hybridized carbons (Fsp3) is 0.300. The number of benzene rings is 1. The Kier molecular flexibility index (Phi) is 4.71. The summed E-state index contributed by atoms with van der Waals surface area (Å²) in [6.07, 6.45) is 0. The van der Waals surface area contributed by atoms with Crippen LogP contribution in [0.1, 0.15) is 17.3 Å². The summed E-state index contributed by atoms with van der Waals surface area (Å²) in [5.41, 5.74) is 0.0774. The zero-order chi connectivity index (χ0) is 13.9. The van der Waals surface area contributed by atoms with E-state index in [1.54, 1.807) is 6.92 Å². The minimum Gasteiger partial charge on any atom is -0.494 e. The number of primary sulfonamides is 1. The highest BCUT2D eigenvalue weighted by molar-refractivity contribution is 9.10. The van der Waals surface area contributed by atoms with Crippen molar-refractivity contribution >= 4 is 31.9 Å². The number of methoxy groups -OCH3 is 1. The summed E-state index contributed by atoms with van der Waals surface area (Å²) in [5.74, 6) is -0.587. The van der Waals surface area contributed by atoms with Crippen LogP contribution >= 0.6 is 15.9 Å². The molecule has 0 heterocycles. The highest BCUT2D eigenvalue weighted by Crippen LogP contribution is 2.33.